The number of aliphatic imine (C=N–C) groups is 1. The smallest absolute Gasteiger partial charge is 0.128 e. The zero-order valence-corrected chi connectivity index (χ0v) is 8.68. The number of aliphatic hydroxyl groups is 1. The van der Waals surface area contributed by atoms with E-state index in [0.717, 1.165) is 0 Å². The number of aliphatic hydroxyl groups excluding tert-OH is 1. The molecule has 0 saturated heterocycles. The first-order chi connectivity index (χ1) is 7.27. The van der Waals surface area contributed by atoms with Crippen molar-refractivity contribution in [3.63, 3.8) is 0 Å². The van der Waals surface area contributed by atoms with Crippen molar-refractivity contribution >= 4 is 6.21 Å². The minimum atomic E-state index is 0.131. The third kappa shape index (κ3) is 3.59. The van der Waals surface area contributed by atoms with Gasteiger partial charge in [0, 0.05) is 31.0 Å². The predicted octanol–water partition coefficient (Wildman–Crippen LogP) is 1.20. The molecule has 4 heteroatoms. The molecule has 1 aromatic rings. The van der Waals surface area contributed by atoms with Crippen molar-refractivity contribution in [3.8, 4) is 11.5 Å². The molecular weight excluding hydrogens is 194 g/mol. The van der Waals surface area contributed by atoms with Crippen molar-refractivity contribution in [1.82, 2.24) is 0 Å². The number of phenols is 1. The number of ether oxygens (including phenoxy) is 1. The van der Waals surface area contributed by atoms with E-state index in [9.17, 15) is 5.11 Å². The van der Waals surface area contributed by atoms with E-state index in [1.807, 2.05) is 0 Å². The number of hydrogen-bond donors (Lipinski definition) is 2. The van der Waals surface area contributed by atoms with E-state index in [0.29, 0.717) is 24.3 Å². The Balaban J connectivity index is 2.65. The molecule has 82 valence electrons. The van der Waals surface area contributed by atoms with Gasteiger partial charge in [-0.25, -0.2) is 0 Å². The maximum atomic E-state index is 9.56. The van der Waals surface area contributed by atoms with E-state index in [1.165, 1.54) is 6.07 Å². The van der Waals surface area contributed by atoms with Crippen LogP contribution in [0, 0.1) is 0 Å². The third-order valence-corrected chi connectivity index (χ3v) is 1.91. The topological polar surface area (TPSA) is 62.0 Å². The summed E-state index contributed by atoms with van der Waals surface area (Å²) in [5, 5.41) is 18.1. The fourth-order valence-corrected chi connectivity index (χ4v) is 1.08. The Hall–Kier alpha value is -1.55. The van der Waals surface area contributed by atoms with E-state index >= 15 is 0 Å². The molecule has 0 saturated carbocycles. The molecule has 1 aromatic carbocycles. The summed E-state index contributed by atoms with van der Waals surface area (Å²) in [6, 6.07) is 5.02. The highest BCUT2D eigenvalue weighted by Crippen LogP contribution is 2.21. The molecule has 1 rings (SSSR count). The van der Waals surface area contributed by atoms with Crippen LogP contribution in [0.2, 0.25) is 0 Å². The minimum Gasteiger partial charge on any atom is -0.507 e. The third-order valence-electron chi connectivity index (χ3n) is 1.91. The number of aromatic hydroxyl groups is 1. The lowest BCUT2D eigenvalue weighted by atomic mass is 10.2. The lowest BCUT2D eigenvalue weighted by molar-refractivity contribution is 0.291. The molecule has 0 fully saturated rings. The Kier molecular flexibility index (Phi) is 4.63. The van der Waals surface area contributed by atoms with E-state index in [-0.39, 0.29) is 12.4 Å². The van der Waals surface area contributed by atoms with Crippen LogP contribution in [-0.4, -0.2) is 36.7 Å². The normalized spacial score (nSPS) is 10.8. The van der Waals surface area contributed by atoms with Crippen LogP contribution in [0.4, 0.5) is 0 Å². The minimum absolute atomic E-state index is 0.131. The maximum absolute atomic E-state index is 9.56. The van der Waals surface area contributed by atoms with Gasteiger partial charge in [0.25, 0.3) is 0 Å². The fraction of sp³-hybridized carbons (Fsp3) is 0.364. The SMILES string of the molecule is COc1ccc(C=NCCCO)c(O)c1. The van der Waals surface area contributed by atoms with Gasteiger partial charge in [0.15, 0.2) is 0 Å². The predicted molar refractivity (Wildman–Crippen MR) is 58.8 cm³/mol. The molecule has 0 radical (unpaired) electrons. The highest BCUT2D eigenvalue weighted by Gasteiger charge is 1.99. The van der Waals surface area contributed by atoms with Gasteiger partial charge in [-0.3, -0.25) is 4.99 Å². The molecule has 0 aromatic heterocycles. The summed E-state index contributed by atoms with van der Waals surface area (Å²) >= 11 is 0. The van der Waals surface area contributed by atoms with Gasteiger partial charge in [0.05, 0.1) is 7.11 Å². The van der Waals surface area contributed by atoms with Crippen LogP contribution < -0.4 is 4.74 Å². The molecule has 0 aliphatic rings. The Morgan fingerprint density at radius 2 is 2.27 bits per heavy atom. The van der Waals surface area contributed by atoms with Crippen LogP contribution in [0.3, 0.4) is 0 Å². The molecule has 0 heterocycles. The number of hydrogen-bond acceptors (Lipinski definition) is 4. The number of benzene rings is 1. The molecule has 0 amide bonds. The van der Waals surface area contributed by atoms with Gasteiger partial charge in [-0.2, -0.15) is 0 Å². The van der Waals surface area contributed by atoms with E-state index in [4.69, 9.17) is 9.84 Å². The number of methoxy groups -OCH3 is 1. The molecule has 0 atom stereocenters. The van der Waals surface area contributed by atoms with Crippen molar-refractivity contribution in [2.75, 3.05) is 20.3 Å². The van der Waals surface area contributed by atoms with Crippen LogP contribution in [0.15, 0.2) is 23.2 Å². The lowest BCUT2D eigenvalue weighted by Gasteiger charge is -2.02. The summed E-state index contributed by atoms with van der Waals surface area (Å²) in [4.78, 5) is 4.06. The Morgan fingerprint density at radius 3 is 2.87 bits per heavy atom. The first kappa shape index (κ1) is 11.5. The van der Waals surface area contributed by atoms with E-state index < -0.39 is 0 Å². The second-order valence-electron chi connectivity index (χ2n) is 3.04. The largest absolute Gasteiger partial charge is 0.507 e. The number of phenolic OH excluding ortho intramolecular Hbond substituents is 1. The summed E-state index contributed by atoms with van der Waals surface area (Å²) < 4.78 is 4.96. The lowest BCUT2D eigenvalue weighted by Crippen LogP contribution is -1.90. The van der Waals surface area contributed by atoms with E-state index in [1.54, 1.807) is 25.5 Å². The van der Waals surface area contributed by atoms with Crippen LogP contribution >= 0.6 is 0 Å². The van der Waals surface area contributed by atoms with Crippen LogP contribution in [0.1, 0.15) is 12.0 Å². The molecule has 0 aliphatic heterocycles. The fourth-order valence-electron chi connectivity index (χ4n) is 1.08. The highest BCUT2D eigenvalue weighted by molar-refractivity contribution is 5.83. The van der Waals surface area contributed by atoms with Crippen LogP contribution in [0.5, 0.6) is 11.5 Å². The van der Waals surface area contributed by atoms with Crippen molar-refractivity contribution in [2.45, 2.75) is 6.42 Å². The summed E-state index contributed by atoms with van der Waals surface area (Å²) in [7, 11) is 1.55. The second kappa shape index (κ2) is 6.03. The monoisotopic (exact) mass is 209 g/mol. The van der Waals surface area contributed by atoms with Gasteiger partial charge in [0.1, 0.15) is 11.5 Å². The van der Waals surface area contributed by atoms with Crippen molar-refractivity contribution in [2.24, 2.45) is 4.99 Å². The maximum Gasteiger partial charge on any atom is 0.128 e. The van der Waals surface area contributed by atoms with Crippen molar-refractivity contribution < 1.29 is 14.9 Å². The summed E-state index contributed by atoms with van der Waals surface area (Å²) in [6.45, 7) is 0.688. The molecule has 0 bridgehead atoms. The van der Waals surface area contributed by atoms with Gasteiger partial charge in [0.2, 0.25) is 0 Å². The Bertz CT molecular complexity index is 337. The summed E-state index contributed by atoms with van der Waals surface area (Å²) in [5.74, 6) is 0.752. The Morgan fingerprint density at radius 1 is 1.47 bits per heavy atom. The van der Waals surface area contributed by atoms with Crippen molar-refractivity contribution in [3.05, 3.63) is 23.8 Å². The molecule has 0 aliphatic carbocycles. The van der Waals surface area contributed by atoms with Crippen LogP contribution in [-0.2, 0) is 0 Å². The Labute approximate surface area is 88.9 Å². The summed E-state index contributed by atoms with van der Waals surface area (Å²) in [5.41, 5.74) is 0.647. The number of nitrogens with zero attached hydrogens (tertiary/aromatic N) is 1. The average Bonchev–Trinajstić information content (AvgIpc) is 2.26. The molecule has 4 nitrogen and oxygen atoms in total. The average molecular weight is 209 g/mol. The van der Waals surface area contributed by atoms with Gasteiger partial charge < -0.3 is 14.9 Å². The zero-order chi connectivity index (χ0) is 11.1. The van der Waals surface area contributed by atoms with E-state index in [2.05, 4.69) is 4.99 Å². The summed E-state index contributed by atoms with van der Waals surface area (Å²) in [6.07, 6.45) is 2.22. The molecule has 2 N–H and O–H groups in total. The highest BCUT2D eigenvalue weighted by atomic mass is 16.5. The van der Waals surface area contributed by atoms with Gasteiger partial charge in [-0.15, -0.1) is 0 Å². The van der Waals surface area contributed by atoms with Gasteiger partial charge in [-0.1, -0.05) is 0 Å². The molecule has 0 unspecified atom stereocenters. The quantitative estimate of drug-likeness (QED) is 0.566. The standard InChI is InChI=1S/C11H15NO3/c1-15-10-4-3-9(11(14)7-10)8-12-5-2-6-13/h3-4,7-8,13-14H,2,5-6H2,1H3. The van der Waals surface area contributed by atoms with Gasteiger partial charge >= 0.3 is 0 Å². The van der Waals surface area contributed by atoms with Gasteiger partial charge in [-0.05, 0) is 18.6 Å². The second-order valence-corrected chi connectivity index (χ2v) is 3.04. The molecular formula is C11H15NO3. The first-order valence-electron chi connectivity index (χ1n) is 4.75. The van der Waals surface area contributed by atoms with Crippen molar-refractivity contribution in [1.29, 1.82) is 0 Å². The zero-order valence-electron chi connectivity index (χ0n) is 8.68. The molecule has 15 heavy (non-hydrogen) atoms. The molecule has 0 spiro atoms. The first-order valence-corrected chi connectivity index (χ1v) is 4.75. The van der Waals surface area contributed by atoms with Crippen LogP contribution in [0.25, 0.3) is 0 Å². The number of rotatable bonds is 5.